The third-order valence-corrected chi connectivity index (χ3v) is 5.01. The van der Waals surface area contributed by atoms with Gasteiger partial charge in [-0.1, -0.05) is 28.9 Å². The first kappa shape index (κ1) is 20.7. The van der Waals surface area contributed by atoms with Crippen molar-refractivity contribution in [3.05, 3.63) is 88.2 Å². The number of hydrogen-bond acceptors (Lipinski definition) is 5. The first-order valence-corrected chi connectivity index (χ1v) is 9.73. The van der Waals surface area contributed by atoms with Crippen molar-refractivity contribution in [1.82, 2.24) is 24.8 Å². The number of halogens is 2. The molecule has 0 aliphatic carbocycles. The van der Waals surface area contributed by atoms with Crippen LogP contribution in [-0.4, -0.2) is 35.8 Å². The highest BCUT2D eigenvalue weighted by atomic mass is 35.5. The highest BCUT2D eigenvalue weighted by Gasteiger charge is 2.20. The van der Waals surface area contributed by atoms with Crippen molar-refractivity contribution in [2.45, 2.75) is 20.1 Å². The van der Waals surface area contributed by atoms with Gasteiger partial charge in [0, 0.05) is 5.69 Å². The smallest absolute Gasteiger partial charge is 0.260 e. The van der Waals surface area contributed by atoms with Crippen LogP contribution in [0.25, 0.3) is 5.69 Å². The van der Waals surface area contributed by atoms with Crippen LogP contribution in [0.2, 0.25) is 5.15 Å². The van der Waals surface area contributed by atoms with Gasteiger partial charge in [0.15, 0.2) is 0 Å². The number of nitrogens with one attached hydrogen (secondary N) is 1. The van der Waals surface area contributed by atoms with Crippen LogP contribution in [-0.2, 0) is 13.2 Å². The van der Waals surface area contributed by atoms with Gasteiger partial charge in [-0.05, 0) is 48.9 Å². The molecule has 0 saturated heterocycles. The van der Waals surface area contributed by atoms with E-state index in [1.165, 1.54) is 21.5 Å². The van der Waals surface area contributed by atoms with E-state index < -0.39 is 0 Å². The summed E-state index contributed by atoms with van der Waals surface area (Å²) in [4.78, 5) is 12.8. The minimum atomic E-state index is -0.385. The Labute approximate surface area is 181 Å². The standard InChI is InChI=1S/C21H18ClFN6O2/c1-13-19(20(22)29(26-13)10-14-2-4-15(23)5-3-14)21(31)24-16-6-8-18(9-7-16)28-11-17(12-30)25-27-28/h2-9,11,30H,10,12H2,1H3,(H,24,31). The Bertz CT molecular complexity index is 1220. The molecule has 8 nitrogen and oxygen atoms in total. The number of benzene rings is 2. The summed E-state index contributed by atoms with van der Waals surface area (Å²) in [5, 5.41) is 24.2. The summed E-state index contributed by atoms with van der Waals surface area (Å²) in [6.07, 6.45) is 1.62. The van der Waals surface area contributed by atoms with Crippen LogP contribution in [0, 0.1) is 12.7 Å². The third kappa shape index (κ3) is 4.47. The van der Waals surface area contributed by atoms with Crippen LogP contribution in [0.3, 0.4) is 0 Å². The largest absolute Gasteiger partial charge is 0.390 e. The Morgan fingerprint density at radius 2 is 1.87 bits per heavy atom. The minimum absolute atomic E-state index is 0.191. The molecular formula is C21H18ClFN6O2. The molecule has 4 rings (SSSR count). The van der Waals surface area contributed by atoms with Gasteiger partial charge in [0.25, 0.3) is 5.91 Å². The molecule has 0 radical (unpaired) electrons. The fourth-order valence-electron chi connectivity index (χ4n) is 3.07. The van der Waals surface area contributed by atoms with Gasteiger partial charge in [-0.15, -0.1) is 5.10 Å². The van der Waals surface area contributed by atoms with Crippen molar-refractivity contribution in [3.8, 4) is 5.69 Å². The number of aryl methyl sites for hydroxylation is 1. The lowest BCUT2D eigenvalue weighted by Gasteiger charge is -2.07. The number of aliphatic hydroxyl groups excluding tert-OH is 1. The molecule has 2 aromatic heterocycles. The molecule has 2 aromatic carbocycles. The third-order valence-electron chi connectivity index (χ3n) is 4.63. The molecule has 2 N–H and O–H groups in total. The SMILES string of the molecule is Cc1nn(Cc2ccc(F)cc2)c(Cl)c1C(=O)Nc1ccc(-n2cc(CO)nn2)cc1. The Morgan fingerprint density at radius 3 is 2.52 bits per heavy atom. The van der Waals surface area contributed by atoms with Crippen molar-refractivity contribution >= 4 is 23.2 Å². The van der Waals surface area contributed by atoms with Crippen LogP contribution in [0.1, 0.15) is 27.3 Å². The molecule has 158 valence electrons. The molecule has 0 fully saturated rings. The predicted octanol–water partition coefficient (Wildman–Crippen LogP) is 3.36. The van der Waals surface area contributed by atoms with Crippen molar-refractivity contribution in [2.75, 3.05) is 5.32 Å². The van der Waals surface area contributed by atoms with Gasteiger partial charge in [-0.3, -0.25) is 4.79 Å². The molecular weight excluding hydrogens is 423 g/mol. The first-order chi connectivity index (χ1) is 14.9. The number of amides is 1. The molecule has 10 heteroatoms. The fourth-order valence-corrected chi connectivity index (χ4v) is 3.39. The fraction of sp³-hybridized carbons (Fsp3) is 0.143. The predicted molar refractivity (Wildman–Crippen MR) is 113 cm³/mol. The van der Waals surface area contributed by atoms with E-state index in [1.807, 2.05) is 0 Å². The molecule has 4 aromatic rings. The second-order valence-electron chi connectivity index (χ2n) is 6.85. The molecule has 0 aliphatic rings. The molecule has 0 spiro atoms. The van der Waals surface area contributed by atoms with Crippen LogP contribution >= 0.6 is 11.6 Å². The summed E-state index contributed by atoms with van der Waals surface area (Å²) in [5.41, 5.74) is 3.33. The molecule has 0 atom stereocenters. The van der Waals surface area contributed by atoms with Gasteiger partial charge in [-0.2, -0.15) is 5.10 Å². The molecule has 31 heavy (non-hydrogen) atoms. The normalized spacial score (nSPS) is 11.0. The Kier molecular flexibility index (Phi) is 5.79. The maximum Gasteiger partial charge on any atom is 0.260 e. The summed E-state index contributed by atoms with van der Waals surface area (Å²) < 4.78 is 16.1. The minimum Gasteiger partial charge on any atom is -0.390 e. The zero-order chi connectivity index (χ0) is 22.0. The summed E-state index contributed by atoms with van der Waals surface area (Å²) in [5.74, 6) is -0.709. The lowest BCUT2D eigenvalue weighted by Crippen LogP contribution is -2.13. The first-order valence-electron chi connectivity index (χ1n) is 9.36. The van der Waals surface area contributed by atoms with Gasteiger partial charge in [0.2, 0.25) is 0 Å². The number of anilines is 1. The summed E-state index contributed by atoms with van der Waals surface area (Å²) >= 11 is 6.42. The number of rotatable bonds is 6. The van der Waals surface area contributed by atoms with E-state index in [-0.39, 0.29) is 29.0 Å². The van der Waals surface area contributed by atoms with Crippen molar-refractivity contribution in [1.29, 1.82) is 0 Å². The highest BCUT2D eigenvalue weighted by molar-refractivity contribution is 6.33. The lowest BCUT2D eigenvalue weighted by molar-refractivity contribution is 0.102. The zero-order valence-electron chi connectivity index (χ0n) is 16.5. The number of hydrogen-bond donors (Lipinski definition) is 2. The Hall–Kier alpha value is -3.56. The second kappa shape index (κ2) is 8.66. The number of nitrogens with zero attached hydrogens (tertiary/aromatic N) is 5. The molecule has 0 unspecified atom stereocenters. The molecule has 2 heterocycles. The van der Waals surface area contributed by atoms with E-state index in [4.69, 9.17) is 16.7 Å². The van der Waals surface area contributed by atoms with E-state index in [0.29, 0.717) is 23.6 Å². The number of aromatic nitrogens is 5. The van der Waals surface area contributed by atoms with Crippen LogP contribution < -0.4 is 5.32 Å². The summed E-state index contributed by atoms with van der Waals surface area (Å²) in [6.45, 7) is 1.83. The maximum absolute atomic E-state index is 13.1. The van der Waals surface area contributed by atoms with Gasteiger partial charge in [-0.25, -0.2) is 13.8 Å². The van der Waals surface area contributed by atoms with Crippen LogP contribution in [0.5, 0.6) is 0 Å². The number of aliphatic hydroxyl groups is 1. The monoisotopic (exact) mass is 440 g/mol. The average Bonchev–Trinajstić information content (AvgIpc) is 3.35. The van der Waals surface area contributed by atoms with Gasteiger partial charge >= 0.3 is 0 Å². The topological polar surface area (TPSA) is 97.9 Å². The van der Waals surface area contributed by atoms with E-state index in [9.17, 15) is 9.18 Å². The van der Waals surface area contributed by atoms with Gasteiger partial charge in [0.1, 0.15) is 16.7 Å². The molecule has 1 amide bonds. The van der Waals surface area contributed by atoms with E-state index >= 15 is 0 Å². The summed E-state index contributed by atoms with van der Waals surface area (Å²) in [6, 6.07) is 13.0. The number of carbonyl (C=O) groups is 1. The van der Waals surface area contributed by atoms with E-state index in [2.05, 4.69) is 20.7 Å². The quantitative estimate of drug-likeness (QED) is 0.479. The van der Waals surface area contributed by atoms with Crippen LogP contribution in [0.15, 0.2) is 54.7 Å². The average molecular weight is 441 g/mol. The number of carbonyl (C=O) groups excluding carboxylic acids is 1. The van der Waals surface area contributed by atoms with E-state index in [0.717, 1.165) is 11.3 Å². The second-order valence-corrected chi connectivity index (χ2v) is 7.21. The van der Waals surface area contributed by atoms with Crippen molar-refractivity contribution in [2.24, 2.45) is 0 Å². The maximum atomic E-state index is 13.1. The van der Waals surface area contributed by atoms with Crippen LogP contribution in [0.4, 0.5) is 10.1 Å². The molecule has 0 bridgehead atoms. The van der Waals surface area contributed by atoms with Crippen molar-refractivity contribution in [3.63, 3.8) is 0 Å². The Balaban J connectivity index is 1.49. The molecule has 0 aliphatic heterocycles. The summed E-state index contributed by atoms with van der Waals surface area (Å²) in [7, 11) is 0. The highest BCUT2D eigenvalue weighted by Crippen LogP contribution is 2.23. The molecule has 0 saturated carbocycles. The van der Waals surface area contributed by atoms with Gasteiger partial charge in [0.05, 0.1) is 36.3 Å². The zero-order valence-corrected chi connectivity index (χ0v) is 17.2. The van der Waals surface area contributed by atoms with Crippen molar-refractivity contribution < 1.29 is 14.3 Å². The van der Waals surface area contributed by atoms with Gasteiger partial charge < -0.3 is 10.4 Å². The van der Waals surface area contributed by atoms with E-state index in [1.54, 1.807) is 49.5 Å². The Morgan fingerprint density at radius 1 is 1.16 bits per heavy atom. The lowest BCUT2D eigenvalue weighted by atomic mass is 10.2.